The van der Waals surface area contributed by atoms with E-state index < -0.39 is 0 Å². The summed E-state index contributed by atoms with van der Waals surface area (Å²) in [4.78, 5) is 0. The second-order valence-corrected chi connectivity index (χ2v) is 7.16. The summed E-state index contributed by atoms with van der Waals surface area (Å²) < 4.78 is 18.2. The fourth-order valence-electron chi connectivity index (χ4n) is 3.48. The van der Waals surface area contributed by atoms with Crippen molar-refractivity contribution in [2.45, 2.75) is 6.42 Å². The fraction of sp³-hybridized carbons (Fsp3) is 0.174. The molecule has 4 rings (SSSR count). The molecule has 0 spiro atoms. The highest BCUT2D eigenvalue weighted by Crippen LogP contribution is 2.37. The molecule has 31 heavy (non-hydrogen) atoms. The van der Waals surface area contributed by atoms with Crippen LogP contribution < -0.4 is 14.2 Å². The molecule has 8 heteroatoms. The average Bonchev–Trinajstić information content (AvgIpc) is 3.15. The van der Waals surface area contributed by atoms with Crippen LogP contribution in [0.1, 0.15) is 17.0 Å². The van der Waals surface area contributed by atoms with Gasteiger partial charge in [-0.15, -0.1) is 0 Å². The number of nitrogens with zero attached hydrogens (tertiary/aromatic N) is 3. The summed E-state index contributed by atoms with van der Waals surface area (Å²) in [6, 6.07) is 18.1. The number of ether oxygens (including phenoxy) is 3. The van der Waals surface area contributed by atoms with Gasteiger partial charge in [0.05, 0.1) is 27.5 Å². The van der Waals surface area contributed by atoms with Crippen LogP contribution in [0.4, 0.5) is 0 Å². The van der Waals surface area contributed by atoms with Gasteiger partial charge in [-0.25, -0.2) is 0 Å². The molecule has 0 amide bonds. The van der Waals surface area contributed by atoms with Crippen LogP contribution in [0.3, 0.4) is 0 Å². The maximum atomic E-state index is 5.41. The third-order valence-corrected chi connectivity index (χ3v) is 5.22. The van der Waals surface area contributed by atoms with Gasteiger partial charge in [-0.2, -0.15) is 14.9 Å². The van der Waals surface area contributed by atoms with Crippen LogP contribution in [0.25, 0.3) is 10.8 Å². The summed E-state index contributed by atoms with van der Waals surface area (Å²) >= 11 is 5.40. The van der Waals surface area contributed by atoms with E-state index in [1.807, 2.05) is 30.3 Å². The summed E-state index contributed by atoms with van der Waals surface area (Å²) in [7, 11) is 4.72. The van der Waals surface area contributed by atoms with Gasteiger partial charge in [-0.3, -0.25) is 5.10 Å². The molecule has 0 aliphatic carbocycles. The molecule has 0 atom stereocenters. The van der Waals surface area contributed by atoms with Crippen LogP contribution in [0, 0.1) is 4.77 Å². The van der Waals surface area contributed by atoms with E-state index in [9.17, 15) is 0 Å². The van der Waals surface area contributed by atoms with E-state index in [4.69, 9.17) is 26.4 Å². The highest BCUT2D eigenvalue weighted by atomic mass is 32.1. The van der Waals surface area contributed by atoms with Crippen LogP contribution in [0.2, 0.25) is 0 Å². The second-order valence-electron chi connectivity index (χ2n) is 6.78. The van der Waals surface area contributed by atoms with Crippen molar-refractivity contribution in [2.24, 2.45) is 5.10 Å². The van der Waals surface area contributed by atoms with Gasteiger partial charge in [0.1, 0.15) is 0 Å². The Morgan fingerprint density at radius 2 is 1.71 bits per heavy atom. The quantitative estimate of drug-likeness (QED) is 0.340. The van der Waals surface area contributed by atoms with Gasteiger partial charge >= 0.3 is 0 Å². The number of nitrogens with one attached hydrogen (secondary N) is 1. The van der Waals surface area contributed by atoms with Crippen molar-refractivity contribution in [1.82, 2.24) is 14.9 Å². The van der Waals surface area contributed by atoms with Crippen LogP contribution in [0.5, 0.6) is 17.2 Å². The summed E-state index contributed by atoms with van der Waals surface area (Å²) in [5, 5.41) is 14.1. The lowest BCUT2D eigenvalue weighted by Gasteiger charge is -2.12. The van der Waals surface area contributed by atoms with Crippen LogP contribution >= 0.6 is 12.2 Å². The van der Waals surface area contributed by atoms with E-state index in [2.05, 4.69) is 39.6 Å². The minimum atomic E-state index is 0.416. The number of H-pyrrole nitrogens is 1. The Labute approximate surface area is 184 Å². The first-order chi connectivity index (χ1) is 15.1. The maximum absolute atomic E-state index is 5.41. The first kappa shape index (κ1) is 20.6. The molecular weight excluding hydrogens is 412 g/mol. The largest absolute Gasteiger partial charge is 0.493 e. The molecule has 0 fully saturated rings. The first-order valence-corrected chi connectivity index (χ1v) is 10.0. The Bertz CT molecular complexity index is 1280. The smallest absolute Gasteiger partial charge is 0.216 e. The van der Waals surface area contributed by atoms with Crippen molar-refractivity contribution in [3.8, 4) is 17.2 Å². The normalized spacial score (nSPS) is 11.2. The maximum Gasteiger partial charge on any atom is 0.216 e. The lowest BCUT2D eigenvalue weighted by atomic mass is 10.0. The predicted octanol–water partition coefficient (Wildman–Crippen LogP) is 4.59. The number of hydrogen-bond acceptors (Lipinski definition) is 6. The molecule has 0 saturated heterocycles. The van der Waals surface area contributed by atoms with Gasteiger partial charge in [-0.1, -0.05) is 42.5 Å². The van der Waals surface area contributed by atoms with Gasteiger partial charge in [0, 0.05) is 12.0 Å². The standard InChI is InChI=1S/C23H22N4O3S/c1-28-19-11-15(12-20(29-2)22(19)30-3)14-24-27-21(25-26-23(27)31)13-17-9-6-8-16-7-4-5-10-18(16)17/h4-12,14H,13H2,1-3H3,(H,26,31)/b24-14-. The van der Waals surface area contributed by atoms with Crippen molar-refractivity contribution >= 4 is 29.2 Å². The summed E-state index contributed by atoms with van der Waals surface area (Å²) in [6.07, 6.45) is 2.27. The van der Waals surface area contributed by atoms with E-state index >= 15 is 0 Å². The van der Waals surface area contributed by atoms with Crippen molar-refractivity contribution in [1.29, 1.82) is 0 Å². The number of aromatic amines is 1. The zero-order valence-corrected chi connectivity index (χ0v) is 18.3. The van der Waals surface area contributed by atoms with Crippen molar-refractivity contribution in [2.75, 3.05) is 21.3 Å². The molecular formula is C23H22N4O3S. The Morgan fingerprint density at radius 3 is 2.42 bits per heavy atom. The summed E-state index contributed by atoms with van der Waals surface area (Å²) in [5.41, 5.74) is 1.92. The van der Waals surface area contributed by atoms with Gasteiger partial charge in [0.15, 0.2) is 17.3 Å². The third-order valence-electron chi connectivity index (χ3n) is 4.96. The van der Waals surface area contributed by atoms with E-state index in [1.165, 1.54) is 10.8 Å². The van der Waals surface area contributed by atoms with Crippen molar-refractivity contribution < 1.29 is 14.2 Å². The molecule has 0 unspecified atom stereocenters. The van der Waals surface area contributed by atoms with Crippen molar-refractivity contribution in [3.05, 3.63) is 76.3 Å². The second kappa shape index (κ2) is 9.01. The molecule has 0 aliphatic rings. The van der Waals surface area contributed by atoms with Gasteiger partial charge in [0.2, 0.25) is 10.5 Å². The van der Waals surface area contributed by atoms with E-state index in [1.54, 1.807) is 32.2 Å². The minimum absolute atomic E-state index is 0.416. The topological polar surface area (TPSA) is 73.7 Å². The monoisotopic (exact) mass is 434 g/mol. The summed E-state index contributed by atoms with van der Waals surface area (Å²) in [6.45, 7) is 0. The Hall–Kier alpha value is -3.65. The molecule has 0 radical (unpaired) electrons. The molecule has 4 aromatic rings. The Morgan fingerprint density at radius 1 is 1.00 bits per heavy atom. The summed E-state index contributed by atoms with van der Waals surface area (Å²) in [5.74, 6) is 2.34. The molecule has 1 aromatic heterocycles. The first-order valence-electron chi connectivity index (χ1n) is 9.62. The average molecular weight is 435 g/mol. The highest BCUT2D eigenvalue weighted by Gasteiger charge is 2.13. The minimum Gasteiger partial charge on any atom is -0.493 e. The molecule has 0 saturated carbocycles. The van der Waals surface area contributed by atoms with E-state index in [0.717, 1.165) is 11.1 Å². The zero-order valence-electron chi connectivity index (χ0n) is 17.5. The Kier molecular flexibility index (Phi) is 5.99. The van der Waals surface area contributed by atoms with E-state index in [-0.39, 0.29) is 0 Å². The molecule has 0 bridgehead atoms. The number of fused-ring (bicyclic) bond motifs is 1. The van der Waals surface area contributed by atoms with E-state index in [0.29, 0.717) is 34.3 Å². The fourth-order valence-corrected chi connectivity index (χ4v) is 3.67. The molecule has 7 nitrogen and oxygen atoms in total. The molecule has 158 valence electrons. The SMILES string of the molecule is COc1cc(/C=N\n2c(Cc3cccc4ccccc34)n[nH]c2=S)cc(OC)c1OC. The lowest BCUT2D eigenvalue weighted by Crippen LogP contribution is -2.01. The van der Waals surface area contributed by atoms with Crippen molar-refractivity contribution in [3.63, 3.8) is 0 Å². The number of rotatable bonds is 7. The van der Waals surface area contributed by atoms with Gasteiger partial charge in [0.25, 0.3) is 0 Å². The molecule has 1 heterocycles. The Balaban J connectivity index is 1.69. The van der Waals surface area contributed by atoms with Crippen LogP contribution in [-0.4, -0.2) is 42.4 Å². The number of benzene rings is 3. The number of methoxy groups -OCH3 is 3. The van der Waals surface area contributed by atoms with Crippen LogP contribution in [-0.2, 0) is 6.42 Å². The molecule has 0 aliphatic heterocycles. The van der Waals surface area contributed by atoms with Crippen LogP contribution in [0.15, 0.2) is 59.7 Å². The number of hydrogen-bond donors (Lipinski definition) is 1. The number of aromatic nitrogens is 3. The predicted molar refractivity (Wildman–Crippen MR) is 123 cm³/mol. The molecule has 3 aromatic carbocycles. The van der Waals surface area contributed by atoms with Gasteiger partial charge in [-0.05, 0) is 40.7 Å². The third kappa shape index (κ3) is 4.15. The highest BCUT2D eigenvalue weighted by molar-refractivity contribution is 7.71. The zero-order chi connectivity index (χ0) is 21.8. The molecule has 1 N–H and O–H groups in total. The van der Waals surface area contributed by atoms with Gasteiger partial charge < -0.3 is 14.2 Å². The lowest BCUT2D eigenvalue weighted by molar-refractivity contribution is 0.324.